The van der Waals surface area contributed by atoms with Gasteiger partial charge in [0.25, 0.3) is 0 Å². The van der Waals surface area contributed by atoms with Crippen LogP contribution in [0.4, 0.5) is 0 Å². The number of rotatable bonds is 6. The van der Waals surface area contributed by atoms with Gasteiger partial charge in [0, 0.05) is 11.6 Å². The fourth-order valence-corrected chi connectivity index (χ4v) is 2.30. The highest BCUT2D eigenvalue weighted by atomic mass is 35.5. The average Bonchev–Trinajstić information content (AvgIpc) is 2.84. The van der Waals surface area contributed by atoms with Gasteiger partial charge in [0.15, 0.2) is 0 Å². The molecule has 0 aliphatic carbocycles. The number of aryl methyl sites for hydroxylation is 2. The minimum absolute atomic E-state index is 0.615. The Labute approximate surface area is 118 Å². The quantitative estimate of drug-likeness (QED) is 0.819. The second-order valence-electron chi connectivity index (χ2n) is 4.47. The summed E-state index contributed by atoms with van der Waals surface area (Å²) in [5.74, 6) is 1.85. The van der Waals surface area contributed by atoms with Gasteiger partial charge in [-0.1, -0.05) is 11.6 Å². The van der Waals surface area contributed by atoms with E-state index in [4.69, 9.17) is 20.8 Å². The van der Waals surface area contributed by atoms with Crippen molar-refractivity contribution in [2.75, 3.05) is 13.2 Å². The topological polar surface area (TPSA) is 34.4 Å². The molecule has 0 radical (unpaired) electrons. The zero-order chi connectivity index (χ0) is 13.7. The largest absolute Gasteiger partial charge is 0.492 e. The van der Waals surface area contributed by atoms with Gasteiger partial charge in [-0.05, 0) is 49.2 Å². The average molecular weight is 280 g/mol. The van der Waals surface area contributed by atoms with Gasteiger partial charge in [0.1, 0.15) is 18.1 Å². The van der Waals surface area contributed by atoms with E-state index in [1.165, 1.54) is 0 Å². The van der Waals surface area contributed by atoms with E-state index in [-0.39, 0.29) is 0 Å². The molecule has 0 unspecified atom stereocenters. The van der Waals surface area contributed by atoms with Crippen molar-refractivity contribution in [3.05, 3.63) is 52.4 Å². The lowest BCUT2D eigenvalue weighted by molar-refractivity contribution is 0.307. The summed E-state index contributed by atoms with van der Waals surface area (Å²) >= 11 is 5.98. The molecular formula is C15H18ClNO2. The van der Waals surface area contributed by atoms with E-state index in [9.17, 15) is 0 Å². The maximum absolute atomic E-state index is 5.98. The lowest BCUT2D eigenvalue weighted by atomic mass is 10.1. The summed E-state index contributed by atoms with van der Waals surface area (Å²) in [6.45, 7) is 6.11. The fourth-order valence-electron chi connectivity index (χ4n) is 1.98. The van der Waals surface area contributed by atoms with Crippen LogP contribution in [-0.2, 0) is 6.54 Å². The summed E-state index contributed by atoms with van der Waals surface area (Å²) in [4.78, 5) is 0. The highest BCUT2D eigenvalue weighted by Crippen LogP contribution is 2.26. The number of benzene rings is 1. The molecule has 1 N–H and O–H groups in total. The standard InChI is InChI=1S/C15H18ClNO2/c1-11-8-13(16)9-12(2)15(11)19-7-5-17-10-14-4-3-6-18-14/h3-4,6,8-9,17H,5,7,10H2,1-2H3. The molecule has 102 valence electrons. The highest BCUT2D eigenvalue weighted by molar-refractivity contribution is 6.30. The smallest absolute Gasteiger partial charge is 0.125 e. The summed E-state index contributed by atoms with van der Waals surface area (Å²) in [6, 6.07) is 7.66. The van der Waals surface area contributed by atoms with E-state index >= 15 is 0 Å². The van der Waals surface area contributed by atoms with Gasteiger partial charge in [-0.3, -0.25) is 0 Å². The molecule has 0 saturated heterocycles. The molecule has 1 aromatic heterocycles. The zero-order valence-electron chi connectivity index (χ0n) is 11.2. The van der Waals surface area contributed by atoms with Crippen molar-refractivity contribution in [3.8, 4) is 5.75 Å². The van der Waals surface area contributed by atoms with E-state index in [2.05, 4.69) is 5.32 Å². The summed E-state index contributed by atoms with van der Waals surface area (Å²) in [5.41, 5.74) is 2.13. The molecule has 0 atom stereocenters. The molecule has 19 heavy (non-hydrogen) atoms. The van der Waals surface area contributed by atoms with Crippen LogP contribution >= 0.6 is 11.6 Å². The molecule has 0 saturated carbocycles. The number of nitrogens with one attached hydrogen (secondary N) is 1. The van der Waals surface area contributed by atoms with E-state index in [0.717, 1.165) is 40.7 Å². The molecule has 0 bridgehead atoms. The first-order valence-electron chi connectivity index (χ1n) is 6.29. The third-order valence-corrected chi connectivity index (χ3v) is 3.05. The minimum atomic E-state index is 0.615. The second-order valence-corrected chi connectivity index (χ2v) is 4.91. The van der Waals surface area contributed by atoms with Crippen LogP contribution in [0.2, 0.25) is 5.02 Å². The first-order valence-corrected chi connectivity index (χ1v) is 6.67. The Hall–Kier alpha value is -1.45. The molecular weight excluding hydrogens is 262 g/mol. The molecule has 0 aliphatic rings. The van der Waals surface area contributed by atoms with Crippen molar-refractivity contribution < 1.29 is 9.15 Å². The Bertz CT molecular complexity index is 500. The van der Waals surface area contributed by atoms with Crippen LogP contribution in [0.1, 0.15) is 16.9 Å². The van der Waals surface area contributed by atoms with E-state index < -0.39 is 0 Å². The lowest BCUT2D eigenvalue weighted by Crippen LogP contribution is -2.20. The van der Waals surface area contributed by atoms with Gasteiger partial charge in [0.2, 0.25) is 0 Å². The van der Waals surface area contributed by atoms with Gasteiger partial charge >= 0.3 is 0 Å². The van der Waals surface area contributed by atoms with Crippen molar-refractivity contribution in [3.63, 3.8) is 0 Å². The Morgan fingerprint density at radius 2 is 2.00 bits per heavy atom. The van der Waals surface area contributed by atoms with Crippen LogP contribution < -0.4 is 10.1 Å². The summed E-state index contributed by atoms with van der Waals surface area (Å²) in [7, 11) is 0. The first-order chi connectivity index (χ1) is 9.16. The van der Waals surface area contributed by atoms with Gasteiger partial charge in [0.05, 0.1) is 12.8 Å². The van der Waals surface area contributed by atoms with Crippen LogP contribution in [0, 0.1) is 13.8 Å². The molecule has 0 spiro atoms. The predicted molar refractivity (Wildman–Crippen MR) is 76.8 cm³/mol. The number of hydrogen-bond donors (Lipinski definition) is 1. The Kier molecular flexibility index (Phi) is 4.88. The molecule has 0 aliphatic heterocycles. The van der Waals surface area contributed by atoms with Crippen LogP contribution in [0.15, 0.2) is 34.9 Å². The molecule has 0 amide bonds. The lowest BCUT2D eigenvalue weighted by Gasteiger charge is -2.12. The minimum Gasteiger partial charge on any atom is -0.492 e. The van der Waals surface area contributed by atoms with Crippen LogP contribution in [-0.4, -0.2) is 13.2 Å². The monoisotopic (exact) mass is 279 g/mol. The van der Waals surface area contributed by atoms with Crippen molar-refractivity contribution in [1.82, 2.24) is 5.32 Å². The Morgan fingerprint density at radius 3 is 2.63 bits per heavy atom. The van der Waals surface area contributed by atoms with Crippen LogP contribution in [0.3, 0.4) is 0 Å². The predicted octanol–water partition coefficient (Wildman–Crippen LogP) is 3.72. The van der Waals surface area contributed by atoms with Crippen molar-refractivity contribution >= 4 is 11.6 Å². The molecule has 1 aromatic carbocycles. The number of halogens is 1. The maximum atomic E-state index is 5.98. The van der Waals surface area contributed by atoms with Crippen molar-refractivity contribution in [2.45, 2.75) is 20.4 Å². The first kappa shape index (κ1) is 14.0. The van der Waals surface area contributed by atoms with Crippen LogP contribution in [0.25, 0.3) is 0 Å². The van der Waals surface area contributed by atoms with Gasteiger partial charge in [-0.2, -0.15) is 0 Å². The molecule has 3 nitrogen and oxygen atoms in total. The third kappa shape index (κ3) is 4.01. The van der Waals surface area contributed by atoms with Crippen molar-refractivity contribution in [1.29, 1.82) is 0 Å². The zero-order valence-corrected chi connectivity index (χ0v) is 12.0. The molecule has 2 rings (SSSR count). The highest BCUT2D eigenvalue weighted by Gasteiger charge is 2.05. The Morgan fingerprint density at radius 1 is 1.26 bits per heavy atom. The molecule has 0 fully saturated rings. The number of hydrogen-bond acceptors (Lipinski definition) is 3. The maximum Gasteiger partial charge on any atom is 0.125 e. The Balaban J connectivity index is 1.77. The summed E-state index contributed by atoms with van der Waals surface area (Å²) in [6.07, 6.45) is 1.67. The SMILES string of the molecule is Cc1cc(Cl)cc(C)c1OCCNCc1ccco1. The molecule has 2 aromatic rings. The van der Waals surface area contributed by atoms with E-state index in [1.807, 2.05) is 38.1 Å². The van der Waals surface area contributed by atoms with E-state index in [0.29, 0.717) is 6.61 Å². The molecule has 4 heteroatoms. The van der Waals surface area contributed by atoms with Crippen molar-refractivity contribution in [2.24, 2.45) is 0 Å². The van der Waals surface area contributed by atoms with E-state index in [1.54, 1.807) is 6.26 Å². The number of furan rings is 1. The van der Waals surface area contributed by atoms with Gasteiger partial charge in [-0.25, -0.2) is 0 Å². The third-order valence-electron chi connectivity index (χ3n) is 2.83. The normalized spacial score (nSPS) is 10.7. The molecule has 1 heterocycles. The van der Waals surface area contributed by atoms with Gasteiger partial charge in [-0.15, -0.1) is 0 Å². The van der Waals surface area contributed by atoms with Gasteiger partial charge < -0.3 is 14.5 Å². The summed E-state index contributed by atoms with van der Waals surface area (Å²) < 4.78 is 11.0. The fraction of sp³-hybridized carbons (Fsp3) is 0.333. The summed E-state index contributed by atoms with van der Waals surface area (Å²) in [5, 5.41) is 4.01. The second kappa shape index (κ2) is 6.64. The number of ether oxygens (including phenoxy) is 1. The van der Waals surface area contributed by atoms with Crippen LogP contribution in [0.5, 0.6) is 5.75 Å².